The number of esters is 2. The maximum atomic E-state index is 12.1. The molecule has 40 heavy (non-hydrogen) atoms. The molecule has 0 aliphatic rings. The van der Waals surface area contributed by atoms with E-state index >= 15 is 0 Å². The Bertz CT molecular complexity index is 1360. The minimum Gasteiger partial charge on any atom is -0.456 e. The average molecular weight is 561 g/mol. The molecule has 0 radical (unpaired) electrons. The second-order valence-corrected chi connectivity index (χ2v) is 8.86. The second-order valence-electron chi connectivity index (χ2n) is 7.62. The predicted octanol–water partition coefficient (Wildman–Crippen LogP) is 2.74. The number of carbonyl (C=O) groups is 2. The van der Waals surface area contributed by atoms with E-state index in [2.05, 4.69) is 100 Å². The van der Waals surface area contributed by atoms with E-state index in [0.717, 1.165) is 19.3 Å². The lowest BCUT2D eigenvalue weighted by Crippen LogP contribution is -2.29. The zero-order valence-corrected chi connectivity index (χ0v) is 23.1. The minimum absolute atomic E-state index is 0.124. The molecular formula is C31H29O8P. The van der Waals surface area contributed by atoms with Gasteiger partial charge in [0.05, 0.1) is 6.61 Å². The number of carbonyl (C=O) groups excluding carboxylic acids is 2. The van der Waals surface area contributed by atoms with Gasteiger partial charge >= 0.3 is 19.8 Å². The Hall–Kier alpha value is -4.47. The molecule has 9 heteroatoms. The monoisotopic (exact) mass is 560 g/mol. The quantitative estimate of drug-likeness (QED) is 0.103. The van der Waals surface area contributed by atoms with Gasteiger partial charge in [0.15, 0.2) is 6.10 Å². The number of phosphoric acid groups is 1. The summed E-state index contributed by atoms with van der Waals surface area (Å²) in [6.07, 6.45) is 12.2. The highest BCUT2D eigenvalue weighted by Gasteiger charge is 2.22. The molecule has 0 amide bonds. The van der Waals surface area contributed by atoms with Gasteiger partial charge in [0.1, 0.15) is 6.61 Å². The molecule has 0 unspecified atom stereocenters. The Morgan fingerprint density at radius 2 is 1.20 bits per heavy atom. The highest BCUT2D eigenvalue weighted by atomic mass is 31.2. The third-order valence-corrected chi connectivity index (χ3v) is 4.83. The number of unbranched alkanes of at least 4 members (excludes halogenated alkanes) is 7. The van der Waals surface area contributed by atoms with Crippen LogP contribution < -0.4 is 0 Å². The number of terminal acetylenes is 1. The van der Waals surface area contributed by atoms with Gasteiger partial charge in [-0.15, -0.1) is 6.42 Å². The van der Waals surface area contributed by atoms with Gasteiger partial charge in [-0.25, -0.2) is 9.36 Å². The predicted molar refractivity (Wildman–Crippen MR) is 149 cm³/mol. The number of rotatable bonds is 15. The molecule has 0 aromatic carbocycles. The molecular weight excluding hydrogens is 531 g/mol. The van der Waals surface area contributed by atoms with Crippen molar-refractivity contribution >= 4 is 19.8 Å². The van der Waals surface area contributed by atoms with Gasteiger partial charge in [0, 0.05) is 12.3 Å². The second kappa shape index (κ2) is 24.8. The third kappa shape index (κ3) is 26.6. The average Bonchev–Trinajstić information content (AvgIpc) is 2.91. The molecule has 2 N–H and O–H groups in total. The van der Waals surface area contributed by atoms with E-state index in [1.54, 1.807) is 0 Å². The molecule has 0 bridgehead atoms. The lowest BCUT2D eigenvalue weighted by molar-refractivity contribution is -0.158. The summed E-state index contributed by atoms with van der Waals surface area (Å²) >= 11 is 0. The van der Waals surface area contributed by atoms with Crippen molar-refractivity contribution in [2.75, 3.05) is 13.2 Å². The molecule has 8 nitrogen and oxygen atoms in total. The van der Waals surface area contributed by atoms with E-state index < -0.39 is 39.1 Å². The highest BCUT2D eigenvalue weighted by Crippen LogP contribution is 2.35. The molecule has 0 fully saturated rings. The fourth-order valence-electron chi connectivity index (χ4n) is 2.61. The van der Waals surface area contributed by atoms with Gasteiger partial charge in [-0.1, -0.05) is 51.9 Å². The molecule has 0 aliphatic carbocycles. The fraction of sp³-hybridized carbons (Fsp3) is 0.419. The van der Waals surface area contributed by atoms with Crippen LogP contribution in [0.1, 0.15) is 64.7 Å². The number of hydrogen-bond acceptors (Lipinski definition) is 6. The first-order valence-electron chi connectivity index (χ1n) is 12.3. The maximum Gasteiger partial charge on any atom is 0.469 e. The number of ether oxygens (including phenoxy) is 2. The lowest BCUT2D eigenvalue weighted by atomic mass is 10.1. The highest BCUT2D eigenvalue weighted by molar-refractivity contribution is 7.46. The van der Waals surface area contributed by atoms with Crippen molar-refractivity contribution < 1.29 is 37.9 Å². The van der Waals surface area contributed by atoms with E-state index in [1.807, 2.05) is 0 Å². The van der Waals surface area contributed by atoms with E-state index in [0.29, 0.717) is 6.42 Å². The number of hydrogen-bond donors (Lipinski definition) is 2. The van der Waals surface area contributed by atoms with Crippen LogP contribution in [0.3, 0.4) is 0 Å². The van der Waals surface area contributed by atoms with Crippen LogP contribution in [0.5, 0.6) is 0 Å². The Labute approximate surface area is 236 Å². The molecule has 1 atom stereocenters. The van der Waals surface area contributed by atoms with Crippen molar-refractivity contribution in [3.63, 3.8) is 0 Å². The van der Waals surface area contributed by atoms with Crippen molar-refractivity contribution in [3.05, 3.63) is 0 Å². The minimum atomic E-state index is -4.82. The molecule has 206 valence electrons. The standard InChI is InChI=1S/C31H29O8P/c1-3-5-7-9-11-13-14-15-16-17-18-20-21-23-25-30(32)37-27-29(28-38-40(34,35)36)39-31(33)26-24-22-19-12-10-8-6-4-2/h1,29H,4,6,8,10,12,19,22,24,26-28H2,2H3,(H2,34,35,36)/t29-/m1/s1. The summed E-state index contributed by atoms with van der Waals surface area (Å²) < 4.78 is 25.4. The normalized spacial score (nSPS) is 9.35. The van der Waals surface area contributed by atoms with E-state index in [-0.39, 0.29) is 6.42 Å². The van der Waals surface area contributed by atoms with Crippen LogP contribution in [0.25, 0.3) is 0 Å². The molecule has 0 saturated heterocycles. The third-order valence-electron chi connectivity index (χ3n) is 4.35. The van der Waals surface area contributed by atoms with Crippen LogP contribution >= 0.6 is 7.82 Å². The summed E-state index contributed by atoms with van der Waals surface area (Å²) in [5.74, 6) is 33.5. The molecule has 0 saturated carbocycles. The topological polar surface area (TPSA) is 119 Å². The lowest BCUT2D eigenvalue weighted by Gasteiger charge is -2.17. The van der Waals surface area contributed by atoms with Crippen LogP contribution in [0.2, 0.25) is 0 Å². The summed E-state index contributed by atoms with van der Waals surface area (Å²) in [6, 6.07) is 0. The Morgan fingerprint density at radius 3 is 1.70 bits per heavy atom. The Balaban J connectivity index is 4.63. The van der Waals surface area contributed by atoms with Gasteiger partial charge in [0.2, 0.25) is 0 Å². The van der Waals surface area contributed by atoms with Crippen LogP contribution in [0.15, 0.2) is 0 Å². The van der Waals surface area contributed by atoms with Crippen LogP contribution in [0, 0.1) is 95.2 Å². The molecule has 0 aromatic heterocycles. The smallest absolute Gasteiger partial charge is 0.456 e. The first kappa shape index (κ1) is 35.5. The molecule has 0 spiro atoms. The van der Waals surface area contributed by atoms with Gasteiger partial charge in [0.25, 0.3) is 0 Å². The van der Waals surface area contributed by atoms with Gasteiger partial charge in [-0.3, -0.25) is 9.32 Å². The van der Waals surface area contributed by atoms with Crippen molar-refractivity contribution in [2.24, 2.45) is 0 Å². The van der Waals surface area contributed by atoms with Crippen molar-refractivity contribution in [2.45, 2.75) is 70.8 Å². The van der Waals surface area contributed by atoms with Crippen LogP contribution in [-0.4, -0.2) is 41.0 Å². The van der Waals surface area contributed by atoms with Gasteiger partial charge in [-0.2, -0.15) is 0 Å². The summed E-state index contributed by atoms with van der Waals surface area (Å²) in [7, 11) is -4.82. The first-order chi connectivity index (χ1) is 19.3. The molecule has 0 aromatic rings. The summed E-state index contributed by atoms with van der Waals surface area (Å²) in [5, 5.41) is 0. The van der Waals surface area contributed by atoms with E-state index in [9.17, 15) is 14.2 Å². The van der Waals surface area contributed by atoms with Gasteiger partial charge in [-0.05, 0) is 89.3 Å². The zero-order chi connectivity index (χ0) is 29.7. The largest absolute Gasteiger partial charge is 0.469 e. The van der Waals surface area contributed by atoms with Crippen molar-refractivity contribution in [3.8, 4) is 95.2 Å². The first-order valence-corrected chi connectivity index (χ1v) is 13.8. The van der Waals surface area contributed by atoms with Gasteiger partial charge < -0.3 is 19.3 Å². The summed E-state index contributed by atoms with van der Waals surface area (Å²) in [4.78, 5) is 41.7. The molecule has 0 heterocycles. The van der Waals surface area contributed by atoms with Crippen LogP contribution in [0.4, 0.5) is 0 Å². The van der Waals surface area contributed by atoms with E-state index in [1.165, 1.54) is 25.7 Å². The van der Waals surface area contributed by atoms with Crippen molar-refractivity contribution in [1.82, 2.24) is 0 Å². The van der Waals surface area contributed by atoms with Crippen LogP contribution in [-0.2, 0) is 28.2 Å². The Kier molecular flexibility index (Phi) is 22.1. The summed E-state index contributed by atoms with van der Waals surface area (Å²) in [6.45, 7) is 0.978. The molecule has 0 aliphatic heterocycles. The zero-order valence-electron chi connectivity index (χ0n) is 22.2. The van der Waals surface area contributed by atoms with E-state index in [4.69, 9.17) is 25.7 Å². The number of phosphoric ester groups is 1. The van der Waals surface area contributed by atoms with Crippen molar-refractivity contribution in [1.29, 1.82) is 0 Å². The SMILES string of the molecule is C#CC#CC#CC#CC#CC#CC#CC#CC(=O)OC[C@H](COP(=O)(O)O)OC(=O)CCCCCCCCCC. The summed E-state index contributed by atoms with van der Waals surface area (Å²) in [5.41, 5.74) is 0. The molecule has 0 rings (SSSR count). The Morgan fingerprint density at radius 1 is 0.725 bits per heavy atom. The fourth-order valence-corrected chi connectivity index (χ4v) is 2.97. The maximum absolute atomic E-state index is 12.1.